The summed E-state index contributed by atoms with van der Waals surface area (Å²) in [5.74, 6) is 0.0800. The lowest BCUT2D eigenvalue weighted by molar-refractivity contribution is -0.154. The first-order valence-corrected chi connectivity index (χ1v) is 5.66. The second-order valence-corrected chi connectivity index (χ2v) is 5.37. The normalized spacial score (nSPS) is 18.1. The van der Waals surface area contributed by atoms with Gasteiger partial charge in [-0.25, -0.2) is 0 Å². The van der Waals surface area contributed by atoms with Gasteiger partial charge in [-0.2, -0.15) is 0 Å². The lowest BCUT2D eigenvalue weighted by Crippen LogP contribution is -2.44. The van der Waals surface area contributed by atoms with Crippen LogP contribution < -0.4 is 5.73 Å². The van der Waals surface area contributed by atoms with E-state index in [-0.39, 0.29) is 17.5 Å². The smallest absolute Gasteiger partial charge is 0.323 e. The van der Waals surface area contributed by atoms with E-state index >= 15 is 0 Å². The number of ether oxygens (including phenoxy) is 1. The molecule has 0 aromatic heterocycles. The van der Waals surface area contributed by atoms with Crippen LogP contribution in [0.25, 0.3) is 0 Å². The van der Waals surface area contributed by atoms with E-state index in [4.69, 9.17) is 10.5 Å². The van der Waals surface area contributed by atoms with Crippen LogP contribution >= 0.6 is 0 Å². The average Bonchev–Trinajstić information content (AvgIpc) is 2.13. The van der Waals surface area contributed by atoms with Crippen LogP contribution in [0.3, 0.4) is 0 Å². The maximum atomic E-state index is 11.7. The predicted octanol–water partition coefficient (Wildman–Crippen LogP) is 2.34. The van der Waals surface area contributed by atoms with Gasteiger partial charge in [0.25, 0.3) is 0 Å². The van der Waals surface area contributed by atoms with Crippen LogP contribution in [-0.2, 0) is 9.53 Å². The Labute approximate surface area is 93.4 Å². The molecule has 0 rings (SSSR count). The van der Waals surface area contributed by atoms with E-state index in [9.17, 15) is 4.79 Å². The molecule has 0 aliphatic carbocycles. The van der Waals surface area contributed by atoms with Crippen LogP contribution in [-0.4, -0.2) is 18.1 Å². The maximum absolute atomic E-state index is 11.7. The van der Waals surface area contributed by atoms with Gasteiger partial charge in [-0.1, -0.05) is 41.0 Å². The van der Waals surface area contributed by atoms with Gasteiger partial charge < -0.3 is 10.5 Å². The third kappa shape index (κ3) is 4.65. The molecule has 0 aromatic carbocycles. The molecule has 0 radical (unpaired) electrons. The fourth-order valence-corrected chi connectivity index (χ4v) is 1.06. The van der Waals surface area contributed by atoms with Crippen molar-refractivity contribution < 1.29 is 9.53 Å². The number of rotatable bonds is 4. The highest BCUT2D eigenvalue weighted by molar-refractivity contribution is 5.76. The zero-order chi connectivity index (χ0) is 12.2. The Morgan fingerprint density at radius 1 is 1.33 bits per heavy atom. The Bertz CT molecular complexity index is 208. The monoisotopic (exact) mass is 215 g/mol. The van der Waals surface area contributed by atoms with Crippen molar-refractivity contribution >= 4 is 5.97 Å². The van der Waals surface area contributed by atoms with Crippen LogP contribution in [0.15, 0.2) is 0 Å². The van der Waals surface area contributed by atoms with Crippen molar-refractivity contribution in [2.24, 2.45) is 17.1 Å². The number of carbonyl (C=O) groups excluding carboxylic acids is 1. The largest absolute Gasteiger partial charge is 0.461 e. The van der Waals surface area contributed by atoms with Gasteiger partial charge in [0.05, 0.1) is 0 Å². The van der Waals surface area contributed by atoms with Crippen LogP contribution in [0.2, 0.25) is 0 Å². The Morgan fingerprint density at radius 3 is 2.13 bits per heavy atom. The minimum Gasteiger partial charge on any atom is -0.461 e. The quantitative estimate of drug-likeness (QED) is 0.732. The first-order valence-electron chi connectivity index (χ1n) is 5.66. The van der Waals surface area contributed by atoms with Crippen molar-refractivity contribution in [3.63, 3.8) is 0 Å². The fraction of sp³-hybridized carbons (Fsp3) is 0.917. The Morgan fingerprint density at radius 2 is 1.80 bits per heavy atom. The molecule has 1 unspecified atom stereocenters. The molecule has 2 N–H and O–H groups in total. The van der Waals surface area contributed by atoms with Gasteiger partial charge in [0, 0.05) is 0 Å². The van der Waals surface area contributed by atoms with Crippen LogP contribution in [0.1, 0.15) is 48.0 Å². The van der Waals surface area contributed by atoms with E-state index in [1.807, 2.05) is 27.7 Å². The fourth-order valence-electron chi connectivity index (χ4n) is 1.06. The lowest BCUT2D eigenvalue weighted by atomic mass is 9.87. The second kappa shape index (κ2) is 5.50. The molecule has 0 aliphatic rings. The topological polar surface area (TPSA) is 52.3 Å². The van der Waals surface area contributed by atoms with Crippen LogP contribution in [0.4, 0.5) is 0 Å². The summed E-state index contributed by atoms with van der Waals surface area (Å²) in [6.07, 6.45) is 0.940. The van der Waals surface area contributed by atoms with Gasteiger partial charge >= 0.3 is 5.97 Å². The molecule has 3 heteroatoms. The molecule has 0 bridgehead atoms. The second-order valence-electron chi connectivity index (χ2n) is 5.37. The summed E-state index contributed by atoms with van der Waals surface area (Å²) in [4.78, 5) is 11.7. The molecule has 3 nitrogen and oxygen atoms in total. The zero-order valence-electron chi connectivity index (χ0n) is 10.8. The van der Waals surface area contributed by atoms with Gasteiger partial charge in [0.1, 0.15) is 12.1 Å². The molecule has 0 aromatic rings. The van der Waals surface area contributed by atoms with Gasteiger partial charge in [-0.05, 0) is 18.3 Å². The highest BCUT2D eigenvalue weighted by Gasteiger charge is 2.30. The van der Waals surface area contributed by atoms with Gasteiger partial charge in [0.2, 0.25) is 0 Å². The number of esters is 1. The van der Waals surface area contributed by atoms with Crippen molar-refractivity contribution in [2.45, 2.75) is 60.1 Å². The van der Waals surface area contributed by atoms with Crippen molar-refractivity contribution in [1.82, 2.24) is 0 Å². The molecule has 0 aliphatic heterocycles. The first-order chi connectivity index (χ1) is 6.70. The van der Waals surface area contributed by atoms with Crippen LogP contribution in [0.5, 0.6) is 0 Å². The highest BCUT2D eigenvalue weighted by Crippen LogP contribution is 2.20. The summed E-state index contributed by atoms with van der Waals surface area (Å²) in [7, 11) is 0. The summed E-state index contributed by atoms with van der Waals surface area (Å²) in [6.45, 7) is 11.9. The molecular formula is C12H25NO2. The maximum Gasteiger partial charge on any atom is 0.323 e. The molecule has 15 heavy (non-hydrogen) atoms. The van der Waals surface area contributed by atoms with Crippen molar-refractivity contribution in [3.8, 4) is 0 Å². The molecule has 3 atom stereocenters. The Balaban J connectivity index is 4.26. The van der Waals surface area contributed by atoms with E-state index in [0.29, 0.717) is 5.92 Å². The molecule has 0 saturated heterocycles. The summed E-state index contributed by atoms with van der Waals surface area (Å²) >= 11 is 0. The Kier molecular flexibility index (Phi) is 5.29. The van der Waals surface area contributed by atoms with Crippen molar-refractivity contribution in [3.05, 3.63) is 0 Å². The first kappa shape index (κ1) is 14.4. The molecule has 0 amide bonds. The lowest BCUT2D eigenvalue weighted by Gasteiger charge is -2.28. The summed E-state index contributed by atoms with van der Waals surface area (Å²) in [5, 5.41) is 0. The third-order valence-electron chi connectivity index (χ3n) is 2.93. The number of hydrogen-bond donors (Lipinski definition) is 1. The van der Waals surface area contributed by atoms with E-state index in [1.54, 1.807) is 0 Å². The molecule has 0 heterocycles. The third-order valence-corrected chi connectivity index (χ3v) is 2.93. The van der Waals surface area contributed by atoms with E-state index < -0.39 is 6.04 Å². The zero-order valence-corrected chi connectivity index (χ0v) is 10.8. The molecule has 0 saturated carbocycles. The van der Waals surface area contributed by atoms with Crippen LogP contribution in [0, 0.1) is 11.3 Å². The van der Waals surface area contributed by atoms with Crippen molar-refractivity contribution in [1.29, 1.82) is 0 Å². The van der Waals surface area contributed by atoms with Gasteiger partial charge in [-0.15, -0.1) is 0 Å². The van der Waals surface area contributed by atoms with E-state index in [1.165, 1.54) is 0 Å². The predicted molar refractivity (Wildman–Crippen MR) is 62.4 cm³/mol. The minimum absolute atomic E-state index is 0.0594. The minimum atomic E-state index is -0.552. The number of hydrogen-bond acceptors (Lipinski definition) is 3. The van der Waals surface area contributed by atoms with Gasteiger partial charge in [-0.3, -0.25) is 4.79 Å². The van der Waals surface area contributed by atoms with E-state index in [0.717, 1.165) is 6.42 Å². The Hall–Kier alpha value is -0.570. The number of nitrogens with two attached hydrogens (primary N) is 1. The van der Waals surface area contributed by atoms with E-state index in [2.05, 4.69) is 13.8 Å². The van der Waals surface area contributed by atoms with Crippen molar-refractivity contribution in [2.75, 3.05) is 0 Å². The highest BCUT2D eigenvalue weighted by atomic mass is 16.5. The van der Waals surface area contributed by atoms with Gasteiger partial charge in [0.15, 0.2) is 0 Å². The SMILES string of the molecule is CCC(C)[C@H](C)OC(=O)[C@@H](N)C(C)(C)C. The summed E-state index contributed by atoms with van der Waals surface area (Å²) < 4.78 is 5.33. The average molecular weight is 215 g/mol. The summed E-state index contributed by atoms with van der Waals surface area (Å²) in [6, 6.07) is -0.552. The molecular weight excluding hydrogens is 190 g/mol. The number of carbonyl (C=O) groups is 1. The molecule has 0 spiro atoms. The summed E-state index contributed by atoms with van der Waals surface area (Å²) in [5.41, 5.74) is 5.57. The molecule has 90 valence electrons. The standard InChI is InChI=1S/C12H25NO2/c1-7-8(2)9(3)15-11(14)10(13)12(4,5)6/h8-10H,7,13H2,1-6H3/t8?,9-,10+/m0/s1. The molecule has 0 fully saturated rings.